The Kier molecular flexibility index (Phi) is 5.25. The average molecular weight is 291 g/mol. The molecule has 5 nitrogen and oxygen atoms in total. The fraction of sp³-hybridized carbons (Fsp3) is 0.375. The smallest absolute Gasteiger partial charge is 0.129 e. The van der Waals surface area contributed by atoms with Gasteiger partial charge in [-0.3, -0.25) is 0 Å². The van der Waals surface area contributed by atoms with Crippen molar-refractivity contribution >= 4 is 0 Å². The van der Waals surface area contributed by atoms with Crippen LogP contribution in [0, 0.1) is 0 Å². The predicted octanol–water partition coefficient (Wildman–Crippen LogP) is 2.64. The molecule has 114 valence electrons. The van der Waals surface area contributed by atoms with Crippen LogP contribution in [0.5, 0.6) is 11.5 Å². The van der Waals surface area contributed by atoms with Gasteiger partial charge in [-0.25, -0.2) is 0 Å². The fourth-order valence-corrected chi connectivity index (χ4v) is 2.14. The maximum Gasteiger partial charge on any atom is 0.129 e. The molecule has 1 unspecified atom stereocenters. The Balaban J connectivity index is 2.06. The molecule has 0 aliphatic carbocycles. The zero-order valence-corrected chi connectivity index (χ0v) is 12.6. The standard InChI is InChI=1S/C16H21NO4/c1-11(17-9-13-4-5-14(10-18)21-13)15-8-12(19-2)6-7-16(15)20-3/h4-8,11,17-18H,9-10H2,1-3H3. The Labute approximate surface area is 124 Å². The molecule has 2 rings (SSSR count). The number of hydrogen-bond acceptors (Lipinski definition) is 5. The number of furan rings is 1. The molecule has 0 aliphatic rings. The van der Waals surface area contributed by atoms with Crippen LogP contribution in [-0.4, -0.2) is 19.3 Å². The minimum absolute atomic E-state index is 0.0673. The molecule has 0 amide bonds. The van der Waals surface area contributed by atoms with E-state index < -0.39 is 0 Å². The molecule has 0 spiro atoms. The molecular weight excluding hydrogens is 270 g/mol. The van der Waals surface area contributed by atoms with Gasteiger partial charge >= 0.3 is 0 Å². The molecule has 2 N–H and O–H groups in total. The van der Waals surface area contributed by atoms with E-state index in [-0.39, 0.29) is 12.6 Å². The van der Waals surface area contributed by atoms with E-state index in [0.29, 0.717) is 12.3 Å². The van der Waals surface area contributed by atoms with Gasteiger partial charge in [-0.2, -0.15) is 0 Å². The summed E-state index contributed by atoms with van der Waals surface area (Å²) in [5, 5.41) is 12.4. The quantitative estimate of drug-likeness (QED) is 0.821. The molecule has 0 radical (unpaired) electrons. The molecule has 5 heteroatoms. The third-order valence-corrected chi connectivity index (χ3v) is 3.36. The summed E-state index contributed by atoms with van der Waals surface area (Å²) in [6.07, 6.45) is 0. The molecule has 2 aromatic rings. The first-order valence-electron chi connectivity index (χ1n) is 6.81. The van der Waals surface area contributed by atoms with E-state index in [1.165, 1.54) is 0 Å². The second-order valence-corrected chi connectivity index (χ2v) is 4.74. The zero-order valence-electron chi connectivity index (χ0n) is 12.6. The Morgan fingerprint density at radius 3 is 2.52 bits per heavy atom. The molecule has 0 aliphatic heterocycles. The molecule has 0 bridgehead atoms. The van der Waals surface area contributed by atoms with Crippen LogP contribution in [-0.2, 0) is 13.2 Å². The molecular formula is C16H21NO4. The van der Waals surface area contributed by atoms with E-state index in [0.717, 1.165) is 22.8 Å². The van der Waals surface area contributed by atoms with Crippen molar-refractivity contribution in [2.75, 3.05) is 14.2 Å². The lowest BCUT2D eigenvalue weighted by atomic mass is 10.1. The molecule has 1 aromatic heterocycles. The maximum atomic E-state index is 8.99. The van der Waals surface area contributed by atoms with Crippen LogP contribution in [0.2, 0.25) is 0 Å². The third kappa shape index (κ3) is 3.77. The van der Waals surface area contributed by atoms with E-state index in [1.807, 2.05) is 31.2 Å². The molecule has 0 fully saturated rings. The summed E-state index contributed by atoms with van der Waals surface area (Å²) in [6, 6.07) is 9.41. The number of hydrogen-bond donors (Lipinski definition) is 2. The lowest BCUT2D eigenvalue weighted by molar-refractivity contribution is 0.242. The molecule has 0 saturated carbocycles. The number of rotatable bonds is 7. The lowest BCUT2D eigenvalue weighted by Gasteiger charge is -2.17. The highest BCUT2D eigenvalue weighted by atomic mass is 16.5. The summed E-state index contributed by atoms with van der Waals surface area (Å²) < 4.78 is 16.1. The van der Waals surface area contributed by atoms with Crippen LogP contribution in [0.15, 0.2) is 34.7 Å². The summed E-state index contributed by atoms with van der Waals surface area (Å²) in [6.45, 7) is 2.54. The second kappa shape index (κ2) is 7.15. The van der Waals surface area contributed by atoms with Gasteiger partial charge in [-0.15, -0.1) is 0 Å². The molecule has 0 saturated heterocycles. The topological polar surface area (TPSA) is 63.9 Å². The van der Waals surface area contributed by atoms with Crippen molar-refractivity contribution in [2.45, 2.75) is 26.1 Å². The molecule has 1 atom stereocenters. The predicted molar refractivity (Wildman–Crippen MR) is 79.4 cm³/mol. The summed E-state index contributed by atoms with van der Waals surface area (Å²) in [5.74, 6) is 2.96. The van der Waals surface area contributed by atoms with Crippen molar-refractivity contribution in [3.63, 3.8) is 0 Å². The van der Waals surface area contributed by atoms with E-state index in [9.17, 15) is 0 Å². The monoisotopic (exact) mass is 291 g/mol. The Morgan fingerprint density at radius 2 is 1.90 bits per heavy atom. The number of aliphatic hydroxyl groups is 1. The summed E-state index contributed by atoms with van der Waals surface area (Å²) >= 11 is 0. The van der Waals surface area contributed by atoms with Gasteiger partial charge in [0.25, 0.3) is 0 Å². The molecule has 1 heterocycles. The average Bonchev–Trinajstić information content (AvgIpc) is 3.00. The fourth-order valence-electron chi connectivity index (χ4n) is 2.14. The van der Waals surface area contributed by atoms with Crippen LogP contribution in [0.1, 0.15) is 30.0 Å². The van der Waals surface area contributed by atoms with E-state index in [2.05, 4.69) is 5.32 Å². The largest absolute Gasteiger partial charge is 0.497 e. The number of ether oxygens (including phenoxy) is 2. The van der Waals surface area contributed by atoms with E-state index in [4.69, 9.17) is 19.0 Å². The normalized spacial score (nSPS) is 12.2. The first kappa shape index (κ1) is 15.4. The highest BCUT2D eigenvalue weighted by molar-refractivity contribution is 5.42. The third-order valence-electron chi connectivity index (χ3n) is 3.36. The van der Waals surface area contributed by atoms with Gasteiger partial charge in [-0.1, -0.05) is 0 Å². The molecule has 1 aromatic carbocycles. The second-order valence-electron chi connectivity index (χ2n) is 4.74. The van der Waals surface area contributed by atoms with Gasteiger partial charge in [0.2, 0.25) is 0 Å². The van der Waals surface area contributed by atoms with Crippen molar-refractivity contribution in [3.05, 3.63) is 47.4 Å². The summed E-state index contributed by atoms with van der Waals surface area (Å²) in [4.78, 5) is 0. The Bertz CT molecular complexity index is 579. The minimum atomic E-state index is -0.0841. The number of benzene rings is 1. The molecule has 21 heavy (non-hydrogen) atoms. The van der Waals surface area contributed by atoms with Gasteiger partial charge in [0, 0.05) is 11.6 Å². The van der Waals surface area contributed by atoms with Crippen molar-refractivity contribution in [2.24, 2.45) is 0 Å². The van der Waals surface area contributed by atoms with Crippen LogP contribution < -0.4 is 14.8 Å². The lowest BCUT2D eigenvalue weighted by Crippen LogP contribution is -2.18. The summed E-state index contributed by atoms with van der Waals surface area (Å²) in [5.41, 5.74) is 1.02. The van der Waals surface area contributed by atoms with Crippen molar-refractivity contribution < 1.29 is 19.0 Å². The van der Waals surface area contributed by atoms with Crippen molar-refractivity contribution in [1.82, 2.24) is 5.32 Å². The highest BCUT2D eigenvalue weighted by Crippen LogP contribution is 2.29. The Hall–Kier alpha value is -1.98. The SMILES string of the molecule is COc1ccc(OC)c(C(C)NCc2ccc(CO)o2)c1. The first-order chi connectivity index (χ1) is 10.2. The zero-order chi connectivity index (χ0) is 15.2. The van der Waals surface area contributed by atoms with Crippen molar-refractivity contribution in [3.8, 4) is 11.5 Å². The van der Waals surface area contributed by atoms with E-state index in [1.54, 1.807) is 20.3 Å². The van der Waals surface area contributed by atoms with Crippen molar-refractivity contribution in [1.29, 1.82) is 0 Å². The van der Waals surface area contributed by atoms with E-state index >= 15 is 0 Å². The minimum Gasteiger partial charge on any atom is -0.497 e. The highest BCUT2D eigenvalue weighted by Gasteiger charge is 2.13. The maximum absolute atomic E-state index is 8.99. The van der Waals surface area contributed by atoms with Gasteiger partial charge in [0.05, 0.1) is 20.8 Å². The van der Waals surface area contributed by atoms with Gasteiger partial charge in [0.15, 0.2) is 0 Å². The van der Waals surface area contributed by atoms with Gasteiger partial charge in [-0.05, 0) is 37.3 Å². The van der Waals surface area contributed by atoms with Crippen LogP contribution in [0.4, 0.5) is 0 Å². The van der Waals surface area contributed by atoms with Gasteiger partial charge < -0.3 is 24.3 Å². The number of aliphatic hydroxyl groups excluding tert-OH is 1. The number of nitrogens with one attached hydrogen (secondary N) is 1. The Morgan fingerprint density at radius 1 is 1.14 bits per heavy atom. The van der Waals surface area contributed by atoms with Crippen LogP contribution in [0.25, 0.3) is 0 Å². The first-order valence-corrected chi connectivity index (χ1v) is 6.81. The van der Waals surface area contributed by atoms with Crippen LogP contribution >= 0.6 is 0 Å². The number of methoxy groups -OCH3 is 2. The van der Waals surface area contributed by atoms with Crippen LogP contribution in [0.3, 0.4) is 0 Å². The summed E-state index contributed by atoms with van der Waals surface area (Å²) in [7, 11) is 3.29. The van der Waals surface area contributed by atoms with Gasteiger partial charge in [0.1, 0.15) is 29.6 Å².